The molecule has 0 aliphatic rings. The quantitative estimate of drug-likeness (QED) is 0.871. The van der Waals surface area contributed by atoms with Crippen LogP contribution in [0.15, 0.2) is 24.3 Å². The summed E-state index contributed by atoms with van der Waals surface area (Å²) in [5.74, 6) is -1.00. The lowest BCUT2D eigenvalue weighted by Gasteiger charge is -2.30. The monoisotopic (exact) mass is 262 g/mol. The van der Waals surface area contributed by atoms with Gasteiger partial charge in [0.15, 0.2) is 0 Å². The minimum atomic E-state index is -4.79. The molecule has 100 valence electrons. The van der Waals surface area contributed by atoms with Crippen molar-refractivity contribution >= 4 is 11.6 Å². The fraction of sp³-hybridized carbons (Fsp3) is 0.364. The van der Waals surface area contributed by atoms with Gasteiger partial charge in [-0.25, -0.2) is 0 Å². The van der Waals surface area contributed by atoms with E-state index in [1.165, 1.54) is 31.4 Å². The average Bonchev–Trinajstić information content (AvgIpc) is 2.28. The molecule has 4 nitrogen and oxygen atoms in total. The first-order chi connectivity index (χ1) is 8.20. The van der Waals surface area contributed by atoms with Gasteiger partial charge in [0, 0.05) is 5.69 Å². The van der Waals surface area contributed by atoms with Crippen LogP contribution in [0.4, 0.5) is 18.9 Å². The molecule has 1 amide bonds. The van der Waals surface area contributed by atoms with Gasteiger partial charge >= 0.3 is 6.18 Å². The van der Waals surface area contributed by atoms with Crippen LogP contribution in [0.3, 0.4) is 0 Å². The fourth-order valence-electron chi connectivity index (χ4n) is 1.24. The van der Waals surface area contributed by atoms with E-state index in [0.29, 0.717) is 12.7 Å². The topological polar surface area (TPSA) is 64.3 Å². The van der Waals surface area contributed by atoms with Crippen molar-refractivity contribution < 1.29 is 22.7 Å². The highest BCUT2D eigenvalue weighted by Gasteiger charge is 2.56. The van der Waals surface area contributed by atoms with Crippen LogP contribution in [-0.2, 0) is 4.79 Å². The van der Waals surface area contributed by atoms with Gasteiger partial charge in [-0.05, 0) is 31.2 Å². The fourth-order valence-corrected chi connectivity index (χ4v) is 1.24. The molecule has 0 radical (unpaired) electrons. The van der Waals surface area contributed by atoms with Crippen molar-refractivity contribution in [1.29, 1.82) is 0 Å². The first-order valence-electron chi connectivity index (χ1n) is 4.99. The van der Waals surface area contributed by atoms with Crippen molar-refractivity contribution in [2.24, 2.45) is 5.73 Å². The lowest BCUT2D eigenvalue weighted by Crippen LogP contribution is -2.58. The third-order valence-corrected chi connectivity index (χ3v) is 2.54. The van der Waals surface area contributed by atoms with Crippen LogP contribution in [0.25, 0.3) is 0 Å². The summed E-state index contributed by atoms with van der Waals surface area (Å²) in [7, 11) is 1.44. The van der Waals surface area contributed by atoms with Crippen LogP contribution >= 0.6 is 0 Å². The van der Waals surface area contributed by atoms with Gasteiger partial charge in [-0.15, -0.1) is 0 Å². The Morgan fingerprint density at radius 2 is 1.78 bits per heavy atom. The number of hydrogen-bond acceptors (Lipinski definition) is 3. The van der Waals surface area contributed by atoms with Crippen molar-refractivity contribution in [1.82, 2.24) is 0 Å². The van der Waals surface area contributed by atoms with E-state index in [1.54, 1.807) is 0 Å². The van der Waals surface area contributed by atoms with Crippen molar-refractivity contribution in [2.75, 3.05) is 12.4 Å². The molecule has 0 spiro atoms. The lowest BCUT2D eigenvalue weighted by molar-refractivity contribution is -0.180. The van der Waals surface area contributed by atoms with Gasteiger partial charge in [-0.2, -0.15) is 13.2 Å². The number of benzene rings is 1. The van der Waals surface area contributed by atoms with E-state index in [1.807, 2.05) is 0 Å². The maximum absolute atomic E-state index is 12.8. The Bertz CT molecular complexity index is 431. The molecule has 1 aromatic carbocycles. The highest BCUT2D eigenvalue weighted by molar-refractivity contribution is 5.88. The molecule has 18 heavy (non-hydrogen) atoms. The van der Waals surface area contributed by atoms with Crippen molar-refractivity contribution in [3.8, 4) is 5.75 Å². The minimum absolute atomic E-state index is 0.120. The van der Waals surface area contributed by atoms with E-state index in [4.69, 9.17) is 10.5 Å². The third kappa shape index (κ3) is 2.66. The molecule has 0 aliphatic heterocycles. The summed E-state index contributed by atoms with van der Waals surface area (Å²) in [4.78, 5) is 11.0. The van der Waals surface area contributed by atoms with Gasteiger partial charge in [0.2, 0.25) is 5.54 Å². The smallest absolute Gasteiger partial charge is 0.420 e. The minimum Gasteiger partial charge on any atom is -0.497 e. The molecule has 7 heteroatoms. The number of anilines is 1. The number of alkyl halides is 3. The number of ether oxygens (including phenoxy) is 1. The number of amides is 1. The summed E-state index contributed by atoms with van der Waals surface area (Å²) >= 11 is 0. The predicted octanol–water partition coefficient (Wildman–Crippen LogP) is 1.91. The Kier molecular flexibility index (Phi) is 3.73. The molecule has 0 heterocycles. The Morgan fingerprint density at radius 3 is 2.11 bits per heavy atom. The maximum atomic E-state index is 12.8. The van der Waals surface area contributed by atoms with Crippen molar-refractivity contribution in [2.45, 2.75) is 18.6 Å². The van der Waals surface area contributed by atoms with Crippen LogP contribution < -0.4 is 15.8 Å². The largest absolute Gasteiger partial charge is 0.497 e. The standard InChI is InChI=1S/C11H13F3N2O2/c1-10(9(15)17,11(12,13)14)16-7-3-5-8(18-2)6-4-7/h3-6,16H,1-2H3,(H2,15,17). The van der Waals surface area contributed by atoms with Crippen LogP contribution in [0.2, 0.25) is 0 Å². The molecule has 0 fully saturated rings. The van der Waals surface area contributed by atoms with Gasteiger partial charge in [-0.1, -0.05) is 0 Å². The summed E-state index contributed by atoms with van der Waals surface area (Å²) in [6, 6.07) is 5.68. The summed E-state index contributed by atoms with van der Waals surface area (Å²) in [6.07, 6.45) is -4.79. The second-order valence-electron chi connectivity index (χ2n) is 3.84. The first kappa shape index (κ1) is 14.1. The molecule has 0 aliphatic carbocycles. The molecule has 0 saturated carbocycles. The lowest BCUT2D eigenvalue weighted by atomic mass is 10.0. The zero-order chi connectivity index (χ0) is 14.0. The average molecular weight is 262 g/mol. The number of methoxy groups -OCH3 is 1. The van der Waals surface area contributed by atoms with E-state index in [2.05, 4.69) is 5.32 Å². The Morgan fingerprint density at radius 1 is 1.28 bits per heavy atom. The van der Waals surface area contributed by atoms with E-state index >= 15 is 0 Å². The van der Waals surface area contributed by atoms with Crippen molar-refractivity contribution in [3.63, 3.8) is 0 Å². The second kappa shape index (κ2) is 4.75. The Hall–Kier alpha value is -1.92. The first-order valence-corrected chi connectivity index (χ1v) is 4.99. The summed E-state index contributed by atoms with van der Waals surface area (Å²) in [6.45, 7) is 0.694. The normalized spacial score (nSPS) is 14.7. The number of nitrogens with two attached hydrogens (primary N) is 1. The number of primary amides is 1. The van der Waals surface area contributed by atoms with Crippen molar-refractivity contribution in [3.05, 3.63) is 24.3 Å². The molecular formula is C11H13F3N2O2. The van der Waals surface area contributed by atoms with Gasteiger partial charge in [0.25, 0.3) is 5.91 Å². The maximum Gasteiger partial charge on any atom is 0.420 e. The number of hydrogen-bond donors (Lipinski definition) is 2. The van der Waals surface area contributed by atoms with Gasteiger partial charge in [-0.3, -0.25) is 4.79 Å². The Balaban J connectivity index is 3.01. The molecule has 1 rings (SSSR count). The van der Waals surface area contributed by atoms with E-state index in [0.717, 1.165) is 0 Å². The summed E-state index contributed by atoms with van der Waals surface area (Å²) in [5.41, 5.74) is 2.12. The van der Waals surface area contributed by atoms with Gasteiger partial charge in [0.05, 0.1) is 7.11 Å². The number of halogens is 3. The second-order valence-corrected chi connectivity index (χ2v) is 3.84. The third-order valence-electron chi connectivity index (χ3n) is 2.54. The predicted molar refractivity (Wildman–Crippen MR) is 60.3 cm³/mol. The van der Waals surface area contributed by atoms with E-state index in [9.17, 15) is 18.0 Å². The number of nitrogens with one attached hydrogen (secondary N) is 1. The molecule has 1 atom stereocenters. The molecule has 1 unspecified atom stereocenters. The molecule has 0 aromatic heterocycles. The molecule has 0 saturated heterocycles. The van der Waals surface area contributed by atoms with E-state index in [-0.39, 0.29) is 5.69 Å². The van der Waals surface area contributed by atoms with Crippen LogP contribution in [0, 0.1) is 0 Å². The van der Waals surface area contributed by atoms with Gasteiger partial charge < -0.3 is 15.8 Å². The highest BCUT2D eigenvalue weighted by atomic mass is 19.4. The Labute approximate surface area is 102 Å². The summed E-state index contributed by atoms with van der Waals surface area (Å²) in [5, 5.41) is 2.09. The SMILES string of the molecule is COc1ccc(NC(C)(C(N)=O)C(F)(F)F)cc1. The van der Waals surface area contributed by atoms with Crippen LogP contribution in [0.5, 0.6) is 5.75 Å². The van der Waals surface area contributed by atoms with Gasteiger partial charge in [0.1, 0.15) is 5.75 Å². The number of carbonyl (C=O) groups is 1. The zero-order valence-electron chi connectivity index (χ0n) is 9.84. The molecule has 0 bridgehead atoms. The molecular weight excluding hydrogens is 249 g/mol. The zero-order valence-corrected chi connectivity index (χ0v) is 9.84. The summed E-state index contributed by atoms with van der Waals surface area (Å²) < 4.78 is 43.3. The van der Waals surface area contributed by atoms with Crippen LogP contribution in [-0.4, -0.2) is 24.7 Å². The highest BCUT2D eigenvalue weighted by Crippen LogP contribution is 2.33. The van der Waals surface area contributed by atoms with E-state index < -0.39 is 17.6 Å². The molecule has 1 aromatic rings. The number of carbonyl (C=O) groups excluding carboxylic acids is 1. The van der Waals surface area contributed by atoms with Crippen LogP contribution in [0.1, 0.15) is 6.92 Å². The molecule has 3 N–H and O–H groups in total. The number of rotatable bonds is 4.